The van der Waals surface area contributed by atoms with E-state index < -0.39 is 0 Å². The molecule has 0 radical (unpaired) electrons. The molecule has 0 amide bonds. The minimum atomic E-state index is -0.235. The van der Waals surface area contributed by atoms with Crippen LogP contribution in [0.25, 0.3) is 0 Å². The van der Waals surface area contributed by atoms with Crippen LogP contribution in [0.4, 0.5) is 0 Å². The van der Waals surface area contributed by atoms with Crippen LogP contribution in [0.1, 0.15) is 25.6 Å². The maximum atomic E-state index is 10.7. The molecular formula is C8H16N4O. The number of aromatic nitrogens is 3. The van der Waals surface area contributed by atoms with Crippen molar-refractivity contribution in [2.75, 3.05) is 6.54 Å². The van der Waals surface area contributed by atoms with E-state index in [0.29, 0.717) is 5.92 Å². The van der Waals surface area contributed by atoms with Crippen LogP contribution in [0.2, 0.25) is 0 Å². The van der Waals surface area contributed by atoms with Gasteiger partial charge < -0.3 is 5.73 Å². The number of hydrogen-bond acceptors (Lipinski definition) is 3. The van der Waals surface area contributed by atoms with Gasteiger partial charge in [0.15, 0.2) is 0 Å². The van der Waals surface area contributed by atoms with E-state index in [2.05, 4.69) is 22.1 Å². The van der Waals surface area contributed by atoms with Crippen LogP contribution in [0.5, 0.6) is 0 Å². The summed E-state index contributed by atoms with van der Waals surface area (Å²) in [7, 11) is 0. The van der Waals surface area contributed by atoms with Crippen molar-refractivity contribution >= 4 is 0 Å². The molecule has 0 spiro atoms. The van der Waals surface area contributed by atoms with Gasteiger partial charge in [0.05, 0.1) is 0 Å². The van der Waals surface area contributed by atoms with Gasteiger partial charge in [-0.2, -0.15) is 5.10 Å². The Morgan fingerprint density at radius 1 is 1.54 bits per heavy atom. The number of hydrogen-bond donors (Lipinski definition) is 3. The molecule has 1 aromatic heterocycles. The quantitative estimate of drug-likeness (QED) is 0.602. The van der Waals surface area contributed by atoms with Gasteiger partial charge in [0.25, 0.3) is 0 Å². The molecule has 13 heavy (non-hydrogen) atoms. The van der Waals surface area contributed by atoms with E-state index in [1.165, 1.54) is 0 Å². The Labute approximate surface area is 76.7 Å². The highest BCUT2D eigenvalue weighted by Gasteiger charge is 2.03. The van der Waals surface area contributed by atoms with Crippen molar-refractivity contribution in [3.63, 3.8) is 0 Å². The van der Waals surface area contributed by atoms with Crippen molar-refractivity contribution < 1.29 is 0 Å². The van der Waals surface area contributed by atoms with E-state index in [1.54, 1.807) is 0 Å². The van der Waals surface area contributed by atoms with E-state index in [1.807, 2.05) is 0 Å². The fourth-order valence-corrected chi connectivity index (χ4v) is 1.24. The molecule has 1 unspecified atom stereocenters. The summed E-state index contributed by atoms with van der Waals surface area (Å²) >= 11 is 0. The van der Waals surface area contributed by atoms with Crippen molar-refractivity contribution in [1.82, 2.24) is 15.2 Å². The first-order valence-electron chi connectivity index (χ1n) is 4.56. The Hall–Kier alpha value is -1.10. The molecule has 4 N–H and O–H groups in total. The lowest BCUT2D eigenvalue weighted by atomic mass is 10.0. The van der Waals surface area contributed by atoms with E-state index >= 15 is 0 Å². The Morgan fingerprint density at radius 2 is 2.31 bits per heavy atom. The predicted molar refractivity (Wildman–Crippen MR) is 50.4 cm³/mol. The van der Waals surface area contributed by atoms with Gasteiger partial charge in [-0.1, -0.05) is 6.92 Å². The summed E-state index contributed by atoms with van der Waals surface area (Å²) in [4.78, 5) is 13.3. The van der Waals surface area contributed by atoms with Gasteiger partial charge in [-0.3, -0.25) is 4.98 Å². The highest BCUT2D eigenvalue weighted by Crippen LogP contribution is 2.08. The molecule has 74 valence electrons. The van der Waals surface area contributed by atoms with E-state index in [0.717, 1.165) is 31.6 Å². The van der Waals surface area contributed by atoms with Crippen molar-refractivity contribution in [3.05, 3.63) is 16.3 Å². The van der Waals surface area contributed by atoms with E-state index in [9.17, 15) is 4.79 Å². The topological polar surface area (TPSA) is 87.6 Å². The van der Waals surface area contributed by atoms with E-state index in [4.69, 9.17) is 5.73 Å². The molecule has 0 saturated heterocycles. The third-order valence-electron chi connectivity index (χ3n) is 2.08. The third-order valence-corrected chi connectivity index (χ3v) is 2.08. The number of nitrogens with zero attached hydrogens (tertiary/aromatic N) is 1. The summed E-state index contributed by atoms with van der Waals surface area (Å²) in [6.45, 7) is 2.87. The number of rotatable bonds is 5. The largest absolute Gasteiger partial charge is 0.340 e. The second kappa shape index (κ2) is 4.81. The molecule has 1 atom stereocenters. The molecule has 1 heterocycles. The Morgan fingerprint density at radius 3 is 2.85 bits per heavy atom. The lowest BCUT2D eigenvalue weighted by Gasteiger charge is -2.06. The van der Waals surface area contributed by atoms with Crippen molar-refractivity contribution in [1.29, 1.82) is 0 Å². The lowest BCUT2D eigenvalue weighted by molar-refractivity contribution is 0.494. The Kier molecular flexibility index (Phi) is 3.70. The maximum Gasteiger partial charge on any atom is 0.340 e. The number of nitrogens with one attached hydrogen (secondary N) is 2. The number of H-pyrrole nitrogens is 2. The third kappa shape index (κ3) is 3.42. The molecule has 0 saturated carbocycles. The summed E-state index contributed by atoms with van der Waals surface area (Å²) in [6, 6.07) is 0. The molecule has 0 bridgehead atoms. The molecule has 0 aliphatic carbocycles. The zero-order chi connectivity index (χ0) is 9.68. The lowest BCUT2D eigenvalue weighted by Crippen LogP contribution is -2.07. The molecule has 0 fully saturated rings. The van der Waals surface area contributed by atoms with Gasteiger partial charge >= 0.3 is 5.69 Å². The van der Waals surface area contributed by atoms with Crippen LogP contribution in [0, 0.1) is 5.92 Å². The standard InChI is InChI=1S/C8H16N4O/c1-6(4-5-9)2-3-7-10-8(13)12-11-7/h6H,2-5,9H2,1H3,(H2,10,11,12,13). The molecule has 5 nitrogen and oxygen atoms in total. The number of aromatic amines is 2. The fourth-order valence-electron chi connectivity index (χ4n) is 1.24. The van der Waals surface area contributed by atoms with Crippen LogP contribution in [-0.2, 0) is 6.42 Å². The summed E-state index contributed by atoms with van der Waals surface area (Å²) in [5, 5.41) is 6.16. The molecule has 0 aliphatic heterocycles. The highest BCUT2D eigenvalue weighted by atomic mass is 16.1. The monoisotopic (exact) mass is 184 g/mol. The van der Waals surface area contributed by atoms with Crippen molar-refractivity contribution in [3.8, 4) is 0 Å². The number of aryl methyl sites for hydroxylation is 1. The highest BCUT2D eigenvalue weighted by molar-refractivity contribution is 4.80. The summed E-state index contributed by atoms with van der Waals surface area (Å²) < 4.78 is 0. The van der Waals surface area contributed by atoms with Crippen LogP contribution in [0.3, 0.4) is 0 Å². The smallest absolute Gasteiger partial charge is 0.330 e. The minimum Gasteiger partial charge on any atom is -0.330 e. The van der Waals surface area contributed by atoms with Gasteiger partial charge in [-0.25, -0.2) is 9.89 Å². The Bertz CT molecular complexity index is 290. The van der Waals surface area contributed by atoms with Gasteiger partial charge in [0.2, 0.25) is 0 Å². The van der Waals surface area contributed by atoms with Crippen LogP contribution in [0.15, 0.2) is 4.79 Å². The summed E-state index contributed by atoms with van der Waals surface area (Å²) in [5.74, 6) is 1.32. The van der Waals surface area contributed by atoms with Gasteiger partial charge in [-0.05, 0) is 25.3 Å². The van der Waals surface area contributed by atoms with Gasteiger partial charge in [0, 0.05) is 6.42 Å². The molecule has 0 aromatic carbocycles. The molecular weight excluding hydrogens is 168 g/mol. The minimum absolute atomic E-state index is 0.235. The molecule has 5 heteroatoms. The summed E-state index contributed by atoms with van der Waals surface area (Å²) in [6.07, 6.45) is 2.84. The Balaban J connectivity index is 2.30. The first kappa shape index (κ1) is 9.98. The fraction of sp³-hybridized carbons (Fsp3) is 0.750. The van der Waals surface area contributed by atoms with Gasteiger partial charge in [-0.15, -0.1) is 0 Å². The average Bonchev–Trinajstić information content (AvgIpc) is 2.49. The normalized spacial score (nSPS) is 13.1. The van der Waals surface area contributed by atoms with Crippen molar-refractivity contribution in [2.24, 2.45) is 11.7 Å². The molecule has 0 aliphatic rings. The van der Waals surface area contributed by atoms with E-state index in [-0.39, 0.29) is 5.69 Å². The number of nitrogens with two attached hydrogens (primary N) is 1. The van der Waals surface area contributed by atoms with Gasteiger partial charge in [0.1, 0.15) is 5.82 Å². The zero-order valence-electron chi connectivity index (χ0n) is 7.84. The summed E-state index contributed by atoms with van der Waals surface area (Å²) in [5.41, 5.74) is 5.19. The second-order valence-electron chi connectivity index (χ2n) is 3.35. The van der Waals surface area contributed by atoms with Crippen molar-refractivity contribution in [2.45, 2.75) is 26.2 Å². The average molecular weight is 184 g/mol. The van der Waals surface area contributed by atoms with Crippen LogP contribution in [-0.4, -0.2) is 21.7 Å². The first-order chi connectivity index (χ1) is 6.22. The molecule has 1 aromatic rings. The maximum absolute atomic E-state index is 10.7. The first-order valence-corrected chi connectivity index (χ1v) is 4.56. The van der Waals surface area contributed by atoms with Crippen LogP contribution >= 0.6 is 0 Å². The predicted octanol–water partition coefficient (Wildman–Crippen LogP) is 0.0155. The molecule has 1 rings (SSSR count). The van der Waals surface area contributed by atoms with Crippen LogP contribution < -0.4 is 11.4 Å². The second-order valence-corrected chi connectivity index (χ2v) is 3.35. The zero-order valence-corrected chi connectivity index (χ0v) is 7.84. The SMILES string of the molecule is CC(CCN)CCc1n[nH]c(=O)[nH]1.